The van der Waals surface area contributed by atoms with E-state index < -0.39 is 5.54 Å². The van der Waals surface area contributed by atoms with Crippen molar-refractivity contribution in [3.8, 4) is 0 Å². The molecule has 0 aromatic heterocycles. The zero-order chi connectivity index (χ0) is 16.2. The van der Waals surface area contributed by atoms with Gasteiger partial charge in [-0.25, -0.2) is 4.79 Å². The van der Waals surface area contributed by atoms with Gasteiger partial charge in [0.15, 0.2) is 0 Å². The number of carbonyl (C=O) groups is 2. The summed E-state index contributed by atoms with van der Waals surface area (Å²) >= 11 is 0. The second-order valence-electron chi connectivity index (χ2n) is 6.24. The maximum absolute atomic E-state index is 12.2. The molecule has 22 heavy (non-hydrogen) atoms. The largest absolute Gasteiger partial charge is 0.348 e. The monoisotopic (exact) mass is 304 g/mol. The minimum absolute atomic E-state index is 0.0413. The van der Waals surface area contributed by atoms with E-state index in [2.05, 4.69) is 16.7 Å². The van der Waals surface area contributed by atoms with Gasteiger partial charge in [0.2, 0.25) is 5.91 Å². The third kappa shape index (κ3) is 4.21. The van der Waals surface area contributed by atoms with Crippen molar-refractivity contribution in [2.24, 2.45) is 5.73 Å². The highest BCUT2D eigenvalue weighted by atomic mass is 16.2. The van der Waals surface area contributed by atoms with Gasteiger partial charge in [0.1, 0.15) is 0 Å². The van der Waals surface area contributed by atoms with Crippen molar-refractivity contribution in [1.82, 2.24) is 15.5 Å². The van der Waals surface area contributed by atoms with Gasteiger partial charge in [0, 0.05) is 25.2 Å². The third-order valence-electron chi connectivity index (χ3n) is 3.81. The topological polar surface area (TPSA) is 87.5 Å². The number of urea groups is 1. The van der Waals surface area contributed by atoms with Crippen LogP contribution in [0, 0.1) is 0 Å². The van der Waals surface area contributed by atoms with Crippen LogP contribution in [-0.4, -0.2) is 42.0 Å². The molecular weight excluding hydrogens is 280 g/mol. The highest BCUT2D eigenvalue weighted by molar-refractivity contribution is 5.84. The Morgan fingerprint density at radius 1 is 1.27 bits per heavy atom. The maximum Gasteiger partial charge on any atom is 0.318 e. The first-order chi connectivity index (χ1) is 10.4. The van der Waals surface area contributed by atoms with Crippen molar-refractivity contribution in [2.75, 3.05) is 19.6 Å². The summed E-state index contributed by atoms with van der Waals surface area (Å²) in [4.78, 5) is 25.7. The van der Waals surface area contributed by atoms with Crippen LogP contribution < -0.4 is 16.4 Å². The van der Waals surface area contributed by atoms with Gasteiger partial charge in [-0.05, 0) is 31.4 Å². The Hall–Kier alpha value is -2.08. The molecule has 4 N–H and O–H groups in total. The molecule has 1 aliphatic heterocycles. The fourth-order valence-corrected chi connectivity index (χ4v) is 2.41. The quantitative estimate of drug-likeness (QED) is 0.761. The Morgan fingerprint density at radius 3 is 2.64 bits per heavy atom. The van der Waals surface area contributed by atoms with Gasteiger partial charge < -0.3 is 21.3 Å². The van der Waals surface area contributed by atoms with Crippen LogP contribution in [0.25, 0.3) is 0 Å². The van der Waals surface area contributed by atoms with Gasteiger partial charge in [0.25, 0.3) is 0 Å². The molecule has 0 bridgehead atoms. The predicted molar refractivity (Wildman–Crippen MR) is 85.2 cm³/mol. The average Bonchev–Trinajstić information content (AvgIpc) is 2.51. The minimum Gasteiger partial charge on any atom is -0.348 e. The van der Waals surface area contributed by atoms with Crippen LogP contribution in [0.15, 0.2) is 24.3 Å². The molecule has 0 atom stereocenters. The van der Waals surface area contributed by atoms with E-state index in [1.54, 1.807) is 4.90 Å². The van der Waals surface area contributed by atoms with Crippen LogP contribution in [0.1, 0.15) is 25.0 Å². The number of nitrogens with one attached hydrogen (secondary N) is 2. The number of hydrogen-bond acceptors (Lipinski definition) is 3. The SMILES string of the molecule is CC(C)(CN)NC(=O)CNC(=O)N1CCc2ccccc2C1. The summed E-state index contributed by atoms with van der Waals surface area (Å²) in [5.41, 5.74) is 7.55. The predicted octanol–water partition coefficient (Wildman–Crippen LogP) is 0.608. The number of fused-ring (bicyclic) bond motifs is 1. The zero-order valence-corrected chi connectivity index (χ0v) is 13.2. The molecule has 0 saturated heterocycles. The molecule has 0 spiro atoms. The molecule has 0 saturated carbocycles. The van der Waals surface area contributed by atoms with Crippen molar-refractivity contribution in [3.63, 3.8) is 0 Å². The number of carbonyl (C=O) groups excluding carboxylic acids is 2. The first-order valence-electron chi connectivity index (χ1n) is 7.52. The van der Waals surface area contributed by atoms with Gasteiger partial charge in [-0.3, -0.25) is 4.79 Å². The van der Waals surface area contributed by atoms with Crippen molar-refractivity contribution in [1.29, 1.82) is 0 Å². The summed E-state index contributed by atoms with van der Waals surface area (Å²) in [7, 11) is 0. The number of nitrogens with two attached hydrogens (primary N) is 1. The lowest BCUT2D eigenvalue weighted by Gasteiger charge is -2.29. The molecule has 2 rings (SSSR count). The summed E-state index contributed by atoms with van der Waals surface area (Å²) in [5, 5.41) is 5.45. The van der Waals surface area contributed by atoms with Gasteiger partial charge in [-0.15, -0.1) is 0 Å². The summed E-state index contributed by atoms with van der Waals surface area (Å²) in [6.45, 7) is 5.23. The number of nitrogens with zero attached hydrogens (tertiary/aromatic N) is 1. The molecule has 120 valence electrons. The lowest BCUT2D eigenvalue weighted by atomic mass is 10.0. The third-order valence-corrected chi connectivity index (χ3v) is 3.81. The van der Waals surface area contributed by atoms with E-state index in [1.165, 1.54) is 5.56 Å². The number of hydrogen-bond donors (Lipinski definition) is 3. The smallest absolute Gasteiger partial charge is 0.318 e. The second-order valence-corrected chi connectivity index (χ2v) is 6.24. The van der Waals surface area contributed by atoms with Crippen LogP contribution in [0.2, 0.25) is 0 Å². The van der Waals surface area contributed by atoms with E-state index in [9.17, 15) is 9.59 Å². The summed E-state index contributed by atoms with van der Waals surface area (Å²) in [6, 6.07) is 7.90. The Morgan fingerprint density at radius 2 is 1.95 bits per heavy atom. The van der Waals surface area contributed by atoms with Crippen molar-refractivity contribution in [2.45, 2.75) is 32.4 Å². The molecule has 6 nitrogen and oxygen atoms in total. The fourth-order valence-electron chi connectivity index (χ4n) is 2.41. The highest BCUT2D eigenvalue weighted by Crippen LogP contribution is 2.18. The van der Waals surface area contributed by atoms with Gasteiger partial charge in [0.05, 0.1) is 6.54 Å². The lowest BCUT2D eigenvalue weighted by Crippen LogP contribution is -2.53. The van der Waals surface area contributed by atoms with Crippen molar-refractivity contribution in [3.05, 3.63) is 35.4 Å². The van der Waals surface area contributed by atoms with Crippen molar-refractivity contribution < 1.29 is 9.59 Å². The molecular formula is C16H24N4O2. The Kier molecular flexibility index (Phi) is 5.03. The summed E-state index contributed by atoms with van der Waals surface area (Å²) in [5.74, 6) is -0.235. The molecule has 0 radical (unpaired) electrons. The molecule has 0 fully saturated rings. The van der Waals surface area contributed by atoms with E-state index >= 15 is 0 Å². The van der Waals surface area contributed by atoms with Crippen LogP contribution in [0.5, 0.6) is 0 Å². The lowest BCUT2D eigenvalue weighted by molar-refractivity contribution is -0.121. The van der Waals surface area contributed by atoms with Crippen molar-refractivity contribution >= 4 is 11.9 Å². The number of rotatable bonds is 4. The number of amides is 3. The fraction of sp³-hybridized carbons (Fsp3) is 0.500. The van der Waals surface area contributed by atoms with E-state index in [4.69, 9.17) is 5.73 Å². The number of benzene rings is 1. The van der Waals surface area contributed by atoms with E-state index in [0.717, 1.165) is 12.0 Å². The Balaban J connectivity index is 1.83. The first kappa shape index (κ1) is 16.3. The second kappa shape index (κ2) is 6.79. The first-order valence-corrected chi connectivity index (χ1v) is 7.52. The molecule has 1 aromatic carbocycles. The molecule has 1 aliphatic rings. The van der Waals surface area contributed by atoms with E-state index in [0.29, 0.717) is 19.6 Å². The normalized spacial score (nSPS) is 14.2. The van der Waals surface area contributed by atoms with E-state index in [1.807, 2.05) is 32.0 Å². The van der Waals surface area contributed by atoms with E-state index in [-0.39, 0.29) is 18.5 Å². The average molecular weight is 304 g/mol. The molecule has 1 heterocycles. The Bertz CT molecular complexity index is 557. The van der Waals surface area contributed by atoms with Crippen LogP contribution >= 0.6 is 0 Å². The van der Waals surface area contributed by atoms with Crippen LogP contribution in [0.4, 0.5) is 4.79 Å². The molecule has 6 heteroatoms. The van der Waals surface area contributed by atoms with Crippen LogP contribution in [0.3, 0.4) is 0 Å². The van der Waals surface area contributed by atoms with Crippen LogP contribution in [-0.2, 0) is 17.8 Å². The van der Waals surface area contributed by atoms with Gasteiger partial charge >= 0.3 is 6.03 Å². The summed E-state index contributed by atoms with van der Waals surface area (Å²) in [6.07, 6.45) is 0.843. The summed E-state index contributed by atoms with van der Waals surface area (Å²) < 4.78 is 0. The highest BCUT2D eigenvalue weighted by Gasteiger charge is 2.22. The standard InChI is InChI=1S/C16H24N4O2/c1-16(2,11-17)19-14(21)9-18-15(22)20-8-7-12-5-3-4-6-13(12)10-20/h3-6H,7-11,17H2,1-2H3,(H,18,22)(H,19,21). The minimum atomic E-state index is -0.466. The Labute approximate surface area is 131 Å². The zero-order valence-electron chi connectivity index (χ0n) is 13.2. The van der Waals surface area contributed by atoms with Gasteiger partial charge in [-0.1, -0.05) is 24.3 Å². The molecule has 3 amide bonds. The van der Waals surface area contributed by atoms with Gasteiger partial charge in [-0.2, -0.15) is 0 Å². The maximum atomic E-state index is 12.2. The molecule has 0 aliphatic carbocycles. The molecule has 0 unspecified atom stereocenters. The molecule has 1 aromatic rings.